The average molecular weight is 500 g/mol. The minimum absolute atomic E-state index is 0.353. The lowest BCUT2D eigenvalue weighted by molar-refractivity contribution is 0.0697. The zero-order valence-corrected chi connectivity index (χ0v) is 21.3. The molecular weight excluding hydrogens is 465 g/mol. The molecule has 1 aliphatic carbocycles. The van der Waals surface area contributed by atoms with E-state index >= 15 is 0 Å². The van der Waals surface area contributed by atoms with E-state index in [9.17, 15) is 14.3 Å². The van der Waals surface area contributed by atoms with E-state index in [1.165, 1.54) is 70.8 Å². The second-order valence-corrected chi connectivity index (χ2v) is 11.3. The first-order valence-electron chi connectivity index (χ1n) is 14.0. The van der Waals surface area contributed by atoms with Gasteiger partial charge in [0.1, 0.15) is 6.17 Å². The lowest BCUT2D eigenvalue weighted by Crippen LogP contribution is -2.20. The molecule has 6 heteroatoms. The van der Waals surface area contributed by atoms with Crippen LogP contribution in [0.15, 0.2) is 42.6 Å². The Hall–Kier alpha value is -3.12. The van der Waals surface area contributed by atoms with Crippen molar-refractivity contribution in [1.29, 1.82) is 0 Å². The van der Waals surface area contributed by atoms with Crippen LogP contribution in [0.25, 0.3) is 33.1 Å². The topological polar surface area (TPSA) is 50.4 Å². The van der Waals surface area contributed by atoms with E-state index in [-0.39, 0.29) is 0 Å². The van der Waals surface area contributed by atoms with Gasteiger partial charge in [0.25, 0.3) is 0 Å². The molecule has 0 spiro atoms. The maximum atomic E-state index is 13.9. The highest BCUT2D eigenvalue weighted by Gasteiger charge is 2.30. The molecule has 0 unspecified atom stereocenters. The number of hydrogen-bond donors (Lipinski definition) is 1. The van der Waals surface area contributed by atoms with E-state index < -0.39 is 12.1 Å². The summed E-state index contributed by atoms with van der Waals surface area (Å²) in [6.45, 7) is 3.90. The van der Waals surface area contributed by atoms with E-state index in [1.807, 2.05) is 6.07 Å². The highest BCUT2D eigenvalue weighted by atomic mass is 19.1. The number of alkyl halides is 1. The van der Waals surface area contributed by atoms with Crippen molar-refractivity contribution in [3.8, 4) is 11.3 Å². The zero-order chi connectivity index (χ0) is 25.1. The number of aromatic nitrogens is 2. The van der Waals surface area contributed by atoms with Gasteiger partial charge in [0, 0.05) is 60.8 Å². The smallest absolute Gasteiger partial charge is 0.335 e. The Bertz CT molecular complexity index is 1510. The average Bonchev–Trinajstić information content (AvgIpc) is 3.57. The predicted molar refractivity (Wildman–Crippen MR) is 145 cm³/mol. The van der Waals surface area contributed by atoms with Crippen LogP contribution >= 0.6 is 0 Å². The molecule has 4 heterocycles. The molecule has 2 aromatic heterocycles. The van der Waals surface area contributed by atoms with Gasteiger partial charge in [-0.15, -0.1) is 0 Å². The van der Waals surface area contributed by atoms with Gasteiger partial charge >= 0.3 is 5.97 Å². The quantitative estimate of drug-likeness (QED) is 0.330. The number of para-hydroxylation sites is 1. The molecule has 7 rings (SSSR count). The summed E-state index contributed by atoms with van der Waals surface area (Å²) in [5.41, 5.74) is 7.91. The van der Waals surface area contributed by atoms with Gasteiger partial charge in [0.15, 0.2) is 0 Å². The minimum atomic E-state index is -0.874. The van der Waals surface area contributed by atoms with Gasteiger partial charge in [-0.2, -0.15) is 0 Å². The van der Waals surface area contributed by atoms with Gasteiger partial charge in [0.2, 0.25) is 0 Å². The van der Waals surface area contributed by atoms with Crippen LogP contribution in [0.1, 0.15) is 72.3 Å². The fraction of sp³-hybridized carbons (Fsp3) is 0.452. The fourth-order valence-electron chi connectivity index (χ4n) is 7.33. The van der Waals surface area contributed by atoms with E-state index in [1.54, 1.807) is 6.07 Å². The van der Waals surface area contributed by atoms with Crippen molar-refractivity contribution >= 4 is 27.8 Å². The Labute approximate surface area is 216 Å². The first kappa shape index (κ1) is 23.0. The third-order valence-electron chi connectivity index (χ3n) is 8.99. The van der Waals surface area contributed by atoms with Crippen LogP contribution < -0.4 is 0 Å². The Morgan fingerprint density at radius 3 is 2.62 bits per heavy atom. The summed E-state index contributed by atoms with van der Waals surface area (Å²) in [5, 5.41) is 12.2. The van der Waals surface area contributed by atoms with Crippen LogP contribution in [0.5, 0.6) is 0 Å². The number of halogens is 1. The summed E-state index contributed by atoms with van der Waals surface area (Å²) in [4.78, 5) is 14.1. The molecule has 1 saturated heterocycles. The highest BCUT2D eigenvalue weighted by Crippen LogP contribution is 2.47. The van der Waals surface area contributed by atoms with Gasteiger partial charge in [-0.3, -0.25) is 4.90 Å². The third kappa shape index (κ3) is 3.80. The molecule has 2 aliphatic heterocycles. The van der Waals surface area contributed by atoms with Gasteiger partial charge < -0.3 is 14.2 Å². The molecule has 4 aromatic rings. The van der Waals surface area contributed by atoms with E-state index in [4.69, 9.17) is 0 Å². The summed E-state index contributed by atoms with van der Waals surface area (Å²) in [5.74, 6) is -0.382. The van der Waals surface area contributed by atoms with Crippen LogP contribution in [-0.2, 0) is 19.6 Å². The molecule has 1 N–H and O–H groups in total. The van der Waals surface area contributed by atoms with Crippen molar-refractivity contribution in [3.05, 3.63) is 59.3 Å². The Kier molecular flexibility index (Phi) is 5.61. The largest absolute Gasteiger partial charge is 0.478 e. The number of aromatic carboxylic acids is 1. The molecular formula is C31H34FN3O2. The van der Waals surface area contributed by atoms with Gasteiger partial charge in [-0.1, -0.05) is 43.5 Å². The van der Waals surface area contributed by atoms with Crippen molar-refractivity contribution in [2.24, 2.45) is 0 Å². The number of carbonyl (C=O) groups is 1. The second-order valence-electron chi connectivity index (χ2n) is 11.3. The summed E-state index contributed by atoms with van der Waals surface area (Å²) in [6, 6.07) is 12.4. The number of aryl methyl sites for hydroxylation is 2. The van der Waals surface area contributed by atoms with Crippen molar-refractivity contribution < 1.29 is 14.3 Å². The standard InChI is InChI=1S/C31H34FN3O2/c32-23-12-15-33(19-23)17-22-18-34-13-5-14-35-27-16-21(31(36)37)10-11-25(27)28(20-6-2-1-3-7-20)30(35)26-9-4-8-24(22)29(26)34/h4,8-11,16,18,20,23H,1-3,5-7,12-15,17,19H2,(H,36,37)/t23-/m0/s1. The number of likely N-dealkylation sites (tertiary alicyclic amines) is 1. The lowest BCUT2D eigenvalue weighted by atomic mass is 9.81. The molecule has 0 amide bonds. The van der Waals surface area contributed by atoms with Crippen molar-refractivity contribution in [2.45, 2.75) is 76.7 Å². The van der Waals surface area contributed by atoms with Crippen molar-refractivity contribution in [2.75, 3.05) is 13.1 Å². The zero-order valence-electron chi connectivity index (χ0n) is 21.3. The maximum absolute atomic E-state index is 13.9. The number of benzene rings is 2. The lowest BCUT2D eigenvalue weighted by Gasteiger charge is -2.25. The maximum Gasteiger partial charge on any atom is 0.335 e. The fourth-order valence-corrected chi connectivity index (χ4v) is 7.33. The SMILES string of the molecule is O=C(O)c1ccc2c(C3CCCCC3)c3n(c2c1)CCCn1cc(CN2CC[C@H](F)C2)c2cccc-3c21. The summed E-state index contributed by atoms with van der Waals surface area (Å²) in [6.07, 6.45) is 9.38. The number of nitrogens with zero attached hydrogens (tertiary/aromatic N) is 3. The summed E-state index contributed by atoms with van der Waals surface area (Å²) in [7, 11) is 0. The molecule has 0 radical (unpaired) electrons. The van der Waals surface area contributed by atoms with Crippen LogP contribution in [-0.4, -0.2) is 44.4 Å². The van der Waals surface area contributed by atoms with Crippen LogP contribution in [0, 0.1) is 0 Å². The molecule has 0 bridgehead atoms. The first-order chi connectivity index (χ1) is 18.1. The second kappa shape index (κ2) is 9.02. The van der Waals surface area contributed by atoms with Crippen molar-refractivity contribution in [3.63, 3.8) is 0 Å². The van der Waals surface area contributed by atoms with E-state index in [0.29, 0.717) is 24.4 Å². The molecule has 1 saturated carbocycles. The van der Waals surface area contributed by atoms with Gasteiger partial charge in [-0.25, -0.2) is 9.18 Å². The number of rotatable bonds is 4. The number of hydrogen-bond acceptors (Lipinski definition) is 2. The molecule has 2 fully saturated rings. The molecule has 5 nitrogen and oxygen atoms in total. The Morgan fingerprint density at radius 1 is 0.973 bits per heavy atom. The van der Waals surface area contributed by atoms with E-state index in [0.717, 1.165) is 38.1 Å². The Balaban J connectivity index is 1.47. The third-order valence-corrected chi connectivity index (χ3v) is 8.99. The molecule has 3 aliphatic rings. The van der Waals surface area contributed by atoms with Crippen LogP contribution in [0.2, 0.25) is 0 Å². The summed E-state index contributed by atoms with van der Waals surface area (Å²) >= 11 is 0. The molecule has 1 atom stereocenters. The van der Waals surface area contributed by atoms with Crippen LogP contribution in [0.3, 0.4) is 0 Å². The predicted octanol–water partition coefficient (Wildman–Crippen LogP) is 6.96. The van der Waals surface area contributed by atoms with Crippen LogP contribution in [0.4, 0.5) is 4.39 Å². The monoisotopic (exact) mass is 499 g/mol. The minimum Gasteiger partial charge on any atom is -0.478 e. The van der Waals surface area contributed by atoms with Crippen molar-refractivity contribution in [1.82, 2.24) is 14.0 Å². The molecule has 2 aromatic carbocycles. The number of carboxylic acid groups (broad SMARTS) is 1. The van der Waals surface area contributed by atoms with Gasteiger partial charge in [-0.05, 0) is 54.9 Å². The normalized spacial score (nSPS) is 20.8. The number of carboxylic acids is 1. The van der Waals surface area contributed by atoms with E-state index in [2.05, 4.69) is 44.5 Å². The first-order valence-corrected chi connectivity index (χ1v) is 14.0. The highest BCUT2D eigenvalue weighted by molar-refractivity contribution is 6.03. The molecule has 192 valence electrons. The molecule has 37 heavy (non-hydrogen) atoms. The summed E-state index contributed by atoms with van der Waals surface area (Å²) < 4.78 is 18.8. The number of fused-ring (bicyclic) bond motifs is 4. The van der Waals surface area contributed by atoms with Gasteiger partial charge in [0.05, 0.1) is 16.8 Å². The Morgan fingerprint density at radius 2 is 1.84 bits per heavy atom.